The van der Waals surface area contributed by atoms with Crippen LogP contribution in [0.2, 0.25) is 0 Å². The van der Waals surface area contributed by atoms with Gasteiger partial charge in [0.2, 0.25) is 0 Å². The molecule has 1 aromatic rings. The summed E-state index contributed by atoms with van der Waals surface area (Å²) in [6, 6.07) is 5.91. The molecule has 2 aliphatic rings. The van der Waals surface area contributed by atoms with Crippen molar-refractivity contribution in [3.8, 4) is 5.75 Å². The van der Waals surface area contributed by atoms with E-state index in [9.17, 15) is 13.2 Å². The normalized spacial score (nSPS) is 26.0. The molecule has 2 aliphatic heterocycles. The molecule has 1 aromatic carbocycles. The molecule has 0 amide bonds. The van der Waals surface area contributed by atoms with E-state index in [0.29, 0.717) is 16.6 Å². The van der Waals surface area contributed by atoms with Crippen LogP contribution in [0.5, 0.6) is 5.75 Å². The lowest BCUT2D eigenvalue weighted by atomic mass is 10.1. The first-order chi connectivity index (χ1) is 10.4. The second kappa shape index (κ2) is 6.37. The lowest BCUT2D eigenvalue weighted by molar-refractivity contribution is -0.274. The van der Waals surface area contributed by atoms with Crippen molar-refractivity contribution in [2.45, 2.75) is 44.3 Å². The summed E-state index contributed by atoms with van der Waals surface area (Å²) in [5.41, 5.74) is 1.00. The summed E-state index contributed by atoms with van der Waals surface area (Å²) in [6.07, 6.45) is -1.14. The predicted octanol–water partition coefficient (Wildman–Crippen LogP) is 3.67. The molecule has 122 valence electrons. The Labute approximate surface area is 135 Å². The minimum absolute atomic E-state index is 0.197. The van der Waals surface area contributed by atoms with E-state index in [1.54, 1.807) is 12.1 Å². The van der Waals surface area contributed by atoms with Crippen molar-refractivity contribution in [1.29, 1.82) is 0 Å². The maximum atomic E-state index is 12.3. The molecule has 2 bridgehead atoms. The fourth-order valence-corrected chi connectivity index (χ4v) is 3.91. The fraction of sp³-hybridized carbons (Fsp3) is 0.600. The summed E-state index contributed by atoms with van der Waals surface area (Å²) in [5.74, 6) is -0.197. The molecule has 0 spiro atoms. The molecule has 0 radical (unpaired) electrons. The van der Waals surface area contributed by atoms with Gasteiger partial charge in [-0.25, -0.2) is 0 Å². The molecular formula is C15H18BrF3N2O. The summed E-state index contributed by atoms with van der Waals surface area (Å²) < 4.78 is 41.2. The van der Waals surface area contributed by atoms with Crippen molar-refractivity contribution < 1.29 is 17.9 Å². The Morgan fingerprint density at radius 3 is 2.73 bits per heavy atom. The third-order valence-electron chi connectivity index (χ3n) is 4.39. The Kier molecular flexibility index (Phi) is 4.66. The molecule has 0 saturated carbocycles. The molecular weight excluding hydrogens is 361 g/mol. The molecule has 2 fully saturated rings. The van der Waals surface area contributed by atoms with Crippen molar-refractivity contribution in [2.75, 3.05) is 13.1 Å². The Balaban J connectivity index is 1.72. The Bertz CT molecular complexity index is 524. The Morgan fingerprint density at radius 1 is 1.23 bits per heavy atom. The molecule has 2 unspecified atom stereocenters. The van der Waals surface area contributed by atoms with Crippen LogP contribution < -0.4 is 10.1 Å². The van der Waals surface area contributed by atoms with E-state index >= 15 is 0 Å². The molecule has 2 heterocycles. The van der Waals surface area contributed by atoms with Gasteiger partial charge in [0.15, 0.2) is 0 Å². The molecule has 0 aromatic heterocycles. The number of benzene rings is 1. The maximum Gasteiger partial charge on any atom is 0.573 e. The summed E-state index contributed by atoms with van der Waals surface area (Å²) in [6.45, 7) is 2.80. The fourth-order valence-electron chi connectivity index (χ4n) is 3.40. The van der Waals surface area contributed by atoms with Crippen LogP contribution in [0.1, 0.15) is 24.8 Å². The number of nitrogens with zero attached hydrogens (tertiary/aromatic N) is 1. The summed E-state index contributed by atoms with van der Waals surface area (Å²) in [7, 11) is 0. The molecule has 3 rings (SSSR count). The van der Waals surface area contributed by atoms with Crippen LogP contribution in [-0.2, 0) is 6.54 Å². The Hall–Kier alpha value is -0.790. The van der Waals surface area contributed by atoms with Crippen molar-refractivity contribution in [3.05, 3.63) is 28.2 Å². The smallest absolute Gasteiger partial charge is 0.405 e. The van der Waals surface area contributed by atoms with E-state index < -0.39 is 6.36 Å². The number of hydrogen-bond acceptors (Lipinski definition) is 3. The Morgan fingerprint density at radius 2 is 2.00 bits per heavy atom. The first kappa shape index (κ1) is 16.1. The number of rotatable bonds is 3. The van der Waals surface area contributed by atoms with Gasteiger partial charge in [0.05, 0.1) is 4.47 Å². The highest BCUT2D eigenvalue weighted by molar-refractivity contribution is 9.10. The number of ether oxygens (including phenoxy) is 1. The number of nitrogens with one attached hydrogen (secondary N) is 1. The summed E-state index contributed by atoms with van der Waals surface area (Å²) in [5, 5.41) is 3.44. The first-order valence-corrected chi connectivity index (χ1v) is 8.22. The number of halogens is 4. The van der Waals surface area contributed by atoms with E-state index in [-0.39, 0.29) is 5.75 Å². The minimum atomic E-state index is -4.67. The lowest BCUT2D eigenvalue weighted by Crippen LogP contribution is -2.37. The van der Waals surface area contributed by atoms with Gasteiger partial charge in [-0.3, -0.25) is 4.90 Å². The zero-order valence-corrected chi connectivity index (χ0v) is 13.6. The van der Waals surface area contributed by atoms with Gasteiger partial charge in [0.1, 0.15) is 5.75 Å². The zero-order chi connectivity index (χ0) is 15.7. The molecule has 22 heavy (non-hydrogen) atoms. The van der Waals surface area contributed by atoms with Crippen molar-refractivity contribution >= 4 is 15.9 Å². The second-order valence-electron chi connectivity index (χ2n) is 5.86. The quantitative estimate of drug-likeness (QED) is 0.868. The number of hydrogen-bond donors (Lipinski definition) is 1. The van der Waals surface area contributed by atoms with Crippen LogP contribution in [0.3, 0.4) is 0 Å². The molecule has 1 N–H and O–H groups in total. The van der Waals surface area contributed by atoms with Crippen molar-refractivity contribution in [1.82, 2.24) is 10.2 Å². The molecule has 2 saturated heterocycles. The first-order valence-electron chi connectivity index (χ1n) is 7.43. The van der Waals surface area contributed by atoms with Crippen LogP contribution in [-0.4, -0.2) is 36.4 Å². The molecule has 2 atom stereocenters. The van der Waals surface area contributed by atoms with Gasteiger partial charge >= 0.3 is 6.36 Å². The standard InChI is InChI=1S/C15H18BrF3N2O/c16-13-7-10(1-4-14(13)22-15(17,18)19)9-21-11-2-3-12(21)8-20-6-5-11/h1,4,7,11-12,20H,2-3,5-6,8-9H2. The summed E-state index contributed by atoms with van der Waals surface area (Å²) in [4.78, 5) is 2.48. The number of alkyl halides is 3. The highest BCUT2D eigenvalue weighted by atomic mass is 79.9. The van der Waals surface area contributed by atoms with Gasteiger partial charge in [-0.1, -0.05) is 6.07 Å². The maximum absolute atomic E-state index is 12.3. The van der Waals surface area contributed by atoms with E-state index in [4.69, 9.17) is 0 Å². The monoisotopic (exact) mass is 378 g/mol. The van der Waals surface area contributed by atoms with Gasteiger partial charge in [-0.15, -0.1) is 13.2 Å². The van der Waals surface area contributed by atoms with Gasteiger partial charge in [0.25, 0.3) is 0 Å². The van der Waals surface area contributed by atoms with Gasteiger partial charge < -0.3 is 10.1 Å². The van der Waals surface area contributed by atoms with Crippen LogP contribution in [0.15, 0.2) is 22.7 Å². The van der Waals surface area contributed by atoms with Gasteiger partial charge in [-0.2, -0.15) is 0 Å². The zero-order valence-electron chi connectivity index (χ0n) is 12.0. The van der Waals surface area contributed by atoms with Gasteiger partial charge in [-0.05, 0) is 59.4 Å². The molecule has 3 nitrogen and oxygen atoms in total. The highest BCUT2D eigenvalue weighted by Crippen LogP contribution is 2.33. The third-order valence-corrected chi connectivity index (χ3v) is 5.01. The van der Waals surface area contributed by atoms with Crippen LogP contribution in [0.4, 0.5) is 13.2 Å². The lowest BCUT2D eigenvalue weighted by Gasteiger charge is -2.27. The SMILES string of the molecule is FC(F)(F)Oc1ccc(CN2C3CCNCC2CC3)cc1Br. The van der Waals surface area contributed by atoms with E-state index in [1.165, 1.54) is 18.9 Å². The van der Waals surface area contributed by atoms with Gasteiger partial charge in [0, 0.05) is 25.2 Å². The van der Waals surface area contributed by atoms with E-state index in [2.05, 4.69) is 30.9 Å². The van der Waals surface area contributed by atoms with Crippen molar-refractivity contribution in [2.24, 2.45) is 0 Å². The average molecular weight is 379 g/mol. The minimum Gasteiger partial charge on any atom is -0.405 e. The van der Waals surface area contributed by atoms with Crippen LogP contribution >= 0.6 is 15.9 Å². The number of fused-ring (bicyclic) bond motifs is 2. The molecule has 7 heteroatoms. The predicted molar refractivity (Wildman–Crippen MR) is 80.7 cm³/mol. The average Bonchev–Trinajstić information content (AvgIpc) is 2.65. The molecule has 0 aliphatic carbocycles. The summed E-state index contributed by atoms with van der Waals surface area (Å²) >= 11 is 3.17. The third kappa shape index (κ3) is 3.75. The topological polar surface area (TPSA) is 24.5 Å². The van der Waals surface area contributed by atoms with Crippen molar-refractivity contribution in [3.63, 3.8) is 0 Å². The van der Waals surface area contributed by atoms with E-state index in [1.807, 2.05) is 0 Å². The second-order valence-corrected chi connectivity index (χ2v) is 6.72. The van der Waals surface area contributed by atoms with E-state index in [0.717, 1.165) is 31.6 Å². The van der Waals surface area contributed by atoms with Crippen LogP contribution in [0, 0.1) is 0 Å². The van der Waals surface area contributed by atoms with Crippen LogP contribution in [0.25, 0.3) is 0 Å². The highest BCUT2D eigenvalue weighted by Gasteiger charge is 2.35. The largest absolute Gasteiger partial charge is 0.573 e.